The fraction of sp³-hybridized carbons (Fsp3) is 0.222. The first-order valence-corrected chi connectivity index (χ1v) is 4.41. The van der Waals surface area contributed by atoms with Crippen molar-refractivity contribution in [1.29, 1.82) is 0 Å². The number of ketones is 1. The van der Waals surface area contributed by atoms with Crippen LogP contribution in [0.5, 0.6) is 0 Å². The highest BCUT2D eigenvalue weighted by Crippen LogP contribution is 2.15. The molecule has 0 bridgehead atoms. The molecule has 0 unspecified atom stereocenters. The SMILES string of the molecule is COCC(=O)c1ccc(Br)cc1F. The monoisotopic (exact) mass is 246 g/mol. The molecule has 0 N–H and O–H groups in total. The lowest BCUT2D eigenvalue weighted by Gasteiger charge is -2.01. The van der Waals surface area contributed by atoms with Crippen LogP contribution in [0.1, 0.15) is 10.4 Å². The molecule has 0 atom stereocenters. The molecule has 4 heteroatoms. The Morgan fingerprint density at radius 3 is 2.85 bits per heavy atom. The van der Waals surface area contributed by atoms with Crippen LogP contribution >= 0.6 is 15.9 Å². The number of carbonyl (C=O) groups excluding carboxylic acids is 1. The molecule has 0 saturated heterocycles. The largest absolute Gasteiger partial charge is 0.377 e. The molecule has 13 heavy (non-hydrogen) atoms. The minimum Gasteiger partial charge on any atom is -0.377 e. The van der Waals surface area contributed by atoms with Crippen molar-refractivity contribution < 1.29 is 13.9 Å². The van der Waals surface area contributed by atoms with E-state index in [1.807, 2.05) is 0 Å². The smallest absolute Gasteiger partial charge is 0.191 e. The van der Waals surface area contributed by atoms with Crippen molar-refractivity contribution in [3.63, 3.8) is 0 Å². The molecular formula is C9H8BrFO2. The fourth-order valence-electron chi connectivity index (χ4n) is 0.924. The molecule has 0 aliphatic carbocycles. The zero-order chi connectivity index (χ0) is 9.84. The Hall–Kier alpha value is -0.740. The van der Waals surface area contributed by atoms with E-state index in [9.17, 15) is 9.18 Å². The van der Waals surface area contributed by atoms with Gasteiger partial charge in [0.15, 0.2) is 5.78 Å². The van der Waals surface area contributed by atoms with E-state index in [0.29, 0.717) is 4.47 Å². The number of halogens is 2. The number of hydrogen-bond donors (Lipinski definition) is 0. The van der Waals surface area contributed by atoms with Crippen molar-refractivity contribution in [3.8, 4) is 0 Å². The molecule has 70 valence electrons. The fourth-order valence-corrected chi connectivity index (χ4v) is 1.26. The molecule has 2 nitrogen and oxygen atoms in total. The molecule has 0 fully saturated rings. The molecule has 0 saturated carbocycles. The number of hydrogen-bond acceptors (Lipinski definition) is 2. The molecule has 0 radical (unpaired) electrons. The lowest BCUT2D eigenvalue weighted by atomic mass is 10.1. The van der Waals surface area contributed by atoms with Gasteiger partial charge in [0.25, 0.3) is 0 Å². The number of benzene rings is 1. The van der Waals surface area contributed by atoms with Gasteiger partial charge in [-0.1, -0.05) is 15.9 Å². The number of ether oxygens (including phenoxy) is 1. The minimum absolute atomic E-state index is 0.0602. The second kappa shape index (κ2) is 4.48. The van der Waals surface area contributed by atoms with Gasteiger partial charge in [0.1, 0.15) is 12.4 Å². The lowest BCUT2D eigenvalue weighted by molar-refractivity contribution is 0.0844. The maximum Gasteiger partial charge on any atom is 0.191 e. The van der Waals surface area contributed by atoms with Crippen LogP contribution in [0.4, 0.5) is 4.39 Å². The van der Waals surface area contributed by atoms with E-state index < -0.39 is 5.82 Å². The summed E-state index contributed by atoms with van der Waals surface area (Å²) in [7, 11) is 1.40. The third-order valence-electron chi connectivity index (χ3n) is 1.51. The summed E-state index contributed by atoms with van der Waals surface area (Å²) in [4.78, 5) is 11.2. The quantitative estimate of drug-likeness (QED) is 0.766. The minimum atomic E-state index is -0.531. The summed E-state index contributed by atoms with van der Waals surface area (Å²) in [6.07, 6.45) is 0. The normalized spacial score (nSPS) is 10.1. The highest BCUT2D eigenvalue weighted by molar-refractivity contribution is 9.10. The Morgan fingerprint density at radius 2 is 2.31 bits per heavy atom. The topological polar surface area (TPSA) is 26.3 Å². The summed E-state index contributed by atoms with van der Waals surface area (Å²) in [5.74, 6) is -0.885. The van der Waals surface area contributed by atoms with E-state index in [1.165, 1.54) is 19.2 Å². The number of methoxy groups -OCH3 is 1. The highest BCUT2D eigenvalue weighted by atomic mass is 79.9. The van der Waals surface area contributed by atoms with Crippen LogP contribution in [-0.2, 0) is 4.74 Å². The second-order valence-corrected chi connectivity index (χ2v) is 3.40. The van der Waals surface area contributed by atoms with Gasteiger partial charge in [-0.25, -0.2) is 4.39 Å². The molecule has 0 aliphatic rings. The summed E-state index contributed by atoms with van der Waals surface area (Å²) in [5, 5.41) is 0. The predicted octanol–water partition coefficient (Wildman–Crippen LogP) is 2.42. The standard InChI is InChI=1S/C9H8BrFO2/c1-13-5-9(12)7-3-2-6(10)4-8(7)11/h2-4H,5H2,1H3. The molecule has 0 heterocycles. The zero-order valence-electron chi connectivity index (χ0n) is 7.01. The number of Topliss-reactive ketones (excluding diaryl/α,β-unsaturated/α-hetero) is 1. The molecule has 1 aromatic rings. The van der Waals surface area contributed by atoms with Crippen LogP contribution in [0.3, 0.4) is 0 Å². The summed E-state index contributed by atoms with van der Waals surface area (Å²) < 4.78 is 18.3. The van der Waals surface area contributed by atoms with Crippen LogP contribution in [-0.4, -0.2) is 19.5 Å². The molecule has 0 aromatic heterocycles. The Labute approximate surface area is 83.8 Å². The van der Waals surface area contributed by atoms with E-state index in [-0.39, 0.29) is 18.0 Å². The summed E-state index contributed by atoms with van der Waals surface area (Å²) in [6.45, 7) is -0.0987. The Morgan fingerprint density at radius 1 is 1.62 bits per heavy atom. The number of carbonyl (C=O) groups is 1. The average Bonchev–Trinajstić information content (AvgIpc) is 2.04. The van der Waals surface area contributed by atoms with Gasteiger partial charge in [-0.15, -0.1) is 0 Å². The lowest BCUT2D eigenvalue weighted by Crippen LogP contribution is -2.08. The average molecular weight is 247 g/mol. The summed E-state index contributed by atoms with van der Waals surface area (Å²) in [5.41, 5.74) is 0.0602. The first-order chi connectivity index (χ1) is 6.15. The number of rotatable bonds is 3. The Bertz CT molecular complexity index is 325. The second-order valence-electron chi connectivity index (χ2n) is 2.48. The first kappa shape index (κ1) is 10.3. The van der Waals surface area contributed by atoms with Gasteiger partial charge >= 0.3 is 0 Å². The van der Waals surface area contributed by atoms with Gasteiger partial charge in [-0.05, 0) is 18.2 Å². The highest BCUT2D eigenvalue weighted by Gasteiger charge is 2.10. The van der Waals surface area contributed by atoms with Crippen molar-refractivity contribution in [3.05, 3.63) is 34.1 Å². The third-order valence-corrected chi connectivity index (χ3v) is 2.00. The zero-order valence-corrected chi connectivity index (χ0v) is 8.60. The van der Waals surface area contributed by atoms with Crippen LogP contribution in [0.25, 0.3) is 0 Å². The molecule has 0 spiro atoms. The van der Waals surface area contributed by atoms with E-state index in [2.05, 4.69) is 20.7 Å². The van der Waals surface area contributed by atoms with Gasteiger partial charge in [-0.2, -0.15) is 0 Å². The van der Waals surface area contributed by atoms with Crippen molar-refractivity contribution in [2.24, 2.45) is 0 Å². The van der Waals surface area contributed by atoms with Crippen LogP contribution in [0.15, 0.2) is 22.7 Å². The van der Waals surface area contributed by atoms with Gasteiger partial charge in [-0.3, -0.25) is 4.79 Å². The Kier molecular flexibility index (Phi) is 3.57. The van der Waals surface area contributed by atoms with E-state index in [0.717, 1.165) is 0 Å². The first-order valence-electron chi connectivity index (χ1n) is 3.62. The van der Waals surface area contributed by atoms with E-state index in [4.69, 9.17) is 0 Å². The van der Waals surface area contributed by atoms with Crippen molar-refractivity contribution in [1.82, 2.24) is 0 Å². The molecule has 1 aromatic carbocycles. The van der Waals surface area contributed by atoms with Crippen LogP contribution in [0.2, 0.25) is 0 Å². The Balaban J connectivity index is 2.95. The maximum absolute atomic E-state index is 13.1. The molecule has 0 aliphatic heterocycles. The van der Waals surface area contributed by atoms with Crippen LogP contribution < -0.4 is 0 Å². The molecule has 1 rings (SSSR count). The van der Waals surface area contributed by atoms with E-state index >= 15 is 0 Å². The summed E-state index contributed by atoms with van der Waals surface area (Å²) in [6, 6.07) is 4.30. The van der Waals surface area contributed by atoms with Crippen LogP contribution in [0, 0.1) is 5.82 Å². The van der Waals surface area contributed by atoms with E-state index in [1.54, 1.807) is 6.07 Å². The third kappa shape index (κ3) is 2.60. The maximum atomic E-state index is 13.1. The summed E-state index contributed by atoms with van der Waals surface area (Å²) >= 11 is 3.10. The van der Waals surface area contributed by atoms with Crippen molar-refractivity contribution in [2.75, 3.05) is 13.7 Å². The predicted molar refractivity (Wildman–Crippen MR) is 50.3 cm³/mol. The molecular weight excluding hydrogens is 239 g/mol. The molecule has 0 amide bonds. The van der Waals surface area contributed by atoms with Crippen molar-refractivity contribution >= 4 is 21.7 Å². The van der Waals surface area contributed by atoms with Gasteiger partial charge in [0.05, 0.1) is 5.56 Å². The van der Waals surface area contributed by atoms with Crippen molar-refractivity contribution in [2.45, 2.75) is 0 Å². The van der Waals surface area contributed by atoms with Gasteiger partial charge in [0.2, 0.25) is 0 Å². The van der Waals surface area contributed by atoms with Gasteiger partial charge < -0.3 is 4.74 Å². The van der Waals surface area contributed by atoms with Gasteiger partial charge in [0, 0.05) is 11.6 Å².